The van der Waals surface area contributed by atoms with Crippen LogP contribution in [-0.2, 0) is 0 Å². The van der Waals surface area contributed by atoms with Crippen molar-refractivity contribution in [1.29, 1.82) is 0 Å². The van der Waals surface area contributed by atoms with E-state index in [-0.39, 0.29) is 5.82 Å². The lowest BCUT2D eigenvalue weighted by Crippen LogP contribution is -2.46. The minimum atomic E-state index is -0.159. The largest absolute Gasteiger partial charge is 0.366 e. The summed E-state index contributed by atoms with van der Waals surface area (Å²) >= 11 is 7.94. The van der Waals surface area contributed by atoms with E-state index >= 15 is 0 Å². The highest BCUT2D eigenvalue weighted by Gasteiger charge is 2.22. The van der Waals surface area contributed by atoms with Crippen LogP contribution in [0.1, 0.15) is 5.56 Å². The Kier molecular flexibility index (Phi) is 4.06. The minimum absolute atomic E-state index is 0.159. The average Bonchev–Trinajstić information content (AvgIpc) is 3.06. The highest BCUT2D eigenvalue weighted by atomic mass is 35.5. The summed E-state index contributed by atoms with van der Waals surface area (Å²) in [6.07, 6.45) is 0. The molecule has 1 saturated heterocycles. The van der Waals surface area contributed by atoms with E-state index in [2.05, 4.69) is 16.7 Å². The topological polar surface area (TPSA) is 19.4 Å². The number of anilines is 2. The van der Waals surface area contributed by atoms with Gasteiger partial charge in [0.05, 0.1) is 20.9 Å². The second kappa shape index (κ2) is 6.22. The first-order valence-corrected chi connectivity index (χ1v) is 9.13. The molecule has 0 bridgehead atoms. The maximum atomic E-state index is 13.9. The molecular weight excluding hydrogens is 345 g/mol. The number of benzene rings is 2. The van der Waals surface area contributed by atoms with E-state index in [1.54, 1.807) is 17.4 Å². The SMILES string of the molecule is Cc1ccc(Cl)c2sc(N3CCN(c4ccccc4F)CC3)nc12. The Bertz CT molecular complexity index is 848. The highest BCUT2D eigenvalue weighted by Crippen LogP contribution is 2.36. The molecule has 0 spiro atoms. The number of fused-ring (bicyclic) bond motifs is 1. The Morgan fingerprint density at radius 2 is 1.75 bits per heavy atom. The molecule has 4 rings (SSSR count). The van der Waals surface area contributed by atoms with Crippen molar-refractivity contribution in [2.45, 2.75) is 6.92 Å². The van der Waals surface area contributed by atoms with Crippen LogP contribution in [0.3, 0.4) is 0 Å². The molecule has 1 fully saturated rings. The molecule has 6 heteroatoms. The van der Waals surface area contributed by atoms with Gasteiger partial charge in [0, 0.05) is 26.2 Å². The molecule has 1 aromatic heterocycles. The van der Waals surface area contributed by atoms with Crippen LogP contribution >= 0.6 is 22.9 Å². The van der Waals surface area contributed by atoms with Crippen LogP contribution in [0, 0.1) is 12.7 Å². The van der Waals surface area contributed by atoms with Gasteiger partial charge in [0.1, 0.15) is 5.82 Å². The minimum Gasteiger partial charge on any atom is -0.366 e. The Hall–Kier alpha value is -1.85. The summed E-state index contributed by atoms with van der Waals surface area (Å²) in [5.41, 5.74) is 2.81. The van der Waals surface area contributed by atoms with Gasteiger partial charge in [-0.25, -0.2) is 9.37 Å². The second-order valence-electron chi connectivity index (χ2n) is 5.96. The van der Waals surface area contributed by atoms with Crippen LogP contribution < -0.4 is 9.80 Å². The third kappa shape index (κ3) is 2.72. The number of hydrogen-bond acceptors (Lipinski definition) is 4. The van der Waals surface area contributed by atoms with Gasteiger partial charge < -0.3 is 9.80 Å². The molecule has 0 radical (unpaired) electrons. The first-order chi connectivity index (χ1) is 11.6. The molecule has 0 aliphatic carbocycles. The van der Waals surface area contributed by atoms with E-state index in [4.69, 9.17) is 16.6 Å². The number of para-hydroxylation sites is 1. The Balaban J connectivity index is 1.55. The smallest absolute Gasteiger partial charge is 0.186 e. The number of piperazine rings is 1. The highest BCUT2D eigenvalue weighted by molar-refractivity contribution is 7.22. The molecule has 0 N–H and O–H groups in total. The number of rotatable bonds is 2. The van der Waals surface area contributed by atoms with E-state index < -0.39 is 0 Å². The first kappa shape index (κ1) is 15.7. The van der Waals surface area contributed by atoms with Gasteiger partial charge >= 0.3 is 0 Å². The fourth-order valence-electron chi connectivity index (χ4n) is 3.07. The van der Waals surface area contributed by atoms with Crippen molar-refractivity contribution >= 4 is 44.0 Å². The standard InChI is InChI=1S/C18H17ClFN3S/c1-12-6-7-13(19)17-16(12)21-18(24-17)23-10-8-22(9-11-23)15-5-3-2-4-14(15)20/h2-7H,8-11H2,1H3. The van der Waals surface area contributed by atoms with E-state index in [0.29, 0.717) is 5.69 Å². The van der Waals surface area contributed by atoms with Gasteiger partial charge in [0.2, 0.25) is 0 Å². The lowest BCUT2D eigenvalue weighted by molar-refractivity contribution is 0.597. The fraction of sp³-hybridized carbons (Fsp3) is 0.278. The third-order valence-electron chi connectivity index (χ3n) is 4.43. The summed E-state index contributed by atoms with van der Waals surface area (Å²) in [5, 5.41) is 1.75. The molecule has 24 heavy (non-hydrogen) atoms. The Morgan fingerprint density at radius 3 is 2.46 bits per heavy atom. The lowest BCUT2D eigenvalue weighted by atomic mass is 10.2. The van der Waals surface area contributed by atoms with Gasteiger partial charge in [-0.05, 0) is 30.7 Å². The fourth-order valence-corrected chi connectivity index (χ4v) is 4.44. The Morgan fingerprint density at radius 1 is 1.04 bits per heavy atom. The average molecular weight is 362 g/mol. The van der Waals surface area contributed by atoms with Crippen molar-refractivity contribution in [3.05, 3.63) is 52.8 Å². The van der Waals surface area contributed by atoms with Crippen molar-refractivity contribution in [2.75, 3.05) is 36.0 Å². The van der Waals surface area contributed by atoms with E-state index in [1.165, 1.54) is 6.07 Å². The van der Waals surface area contributed by atoms with E-state index in [1.807, 2.05) is 24.3 Å². The van der Waals surface area contributed by atoms with Crippen LogP contribution in [0.5, 0.6) is 0 Å². The van der Waals surface area contributed by atoms with Crippen molar-refractivity contribution in [1.82, 2.24) is 4.98 Å². The maximum Gasteiger partial charge on any atom is 0.186 e. The quantitative estimate of drug-likeness (QED) is 0.658. The summed E-state index contributed by atoms with van der Waals surface area (Å²) in [5.74, 6) is -0.159. The predicted molar refractivity (Wildman–Crippen MR) is 100 cm³/mol. The number of nitrogens with zero attached hydrogens (tertiary/aromatic N) is 3. The van der Waals surface area contributed by atoms with Gasteiger partial charge in [0.15, 0.2) is 5.13 Å². The molecule has 3 nitrogen and oxygen atoms in total. The number of aryl methyl sites for hydroxylation is 1. The summed E-state index contributed by atoms with van der Waals surface area (Å²) in [6.45, 7) is 5.26. The molecule has 2 heterocycles. The molecule has 0 amide bonds. The monoisotopic (exact) mass is 361 g/mol. The Labute approximate surface area is 149 Å². The van der Waals surface area contributed by atoms with Crippen molar-refractivity contribution in [2.24, 2.45) is 0 Å². The summed E-state index contributed by atoms with van der Waals surface area (Å²) in [7, 11) is 0. The number of aromatic nitrogens is 1. The molecule has 0 saturated carbocycles. The van der Waals surface area contributed by atoms with Crippen molar-refractivity contribution < 1.29 is 4.39 Å². The third-order valence-corrected chi connectivity index (χ3v) is 6.01. The molecule has 1 aliphatic heterocycles. The van der Waals surface area contributed by atoms with Gasteiger partial charge in [-0.2, -0.15) is 0 Å². The first-order valence-electron chi connectivity index (χ1n) is 7.93. The maximum absolute atomic E-state index is 13.9. The normalized spacial score (nSPS) is 15.3. The van der Waals surface area contributed by atoms with Crippen LogP contribution in [0.4, 0.5) is 15.2 Å². The van der Waals surface area contributed by atoms with Crippen LogP contribution in [0.25, 0.3) is 10.2 Å². The van der Waals surface area contributed by atoms with Crippen LogP contribution in [0.2, 0.25) is 5.02 Å². The molecule has 0 unspecified atom stereocenters. The van der Waals surface area contributed by atoms with Crippen molar-refractivity contribution in [3.8, 4) is 0 Å². The molecule has 3 aromatic rings. The number of halogens is 2. The summed E-state index contributed by atoms with van der Waals surface area (Å²) in [4.78, 5) is 9.14. The zero-order valence-electron chi connectivity index (χ0n) is 13.3. The predicted octanol–water partition coefficient (Wildman–Crippen LogP) is 4.72. The molecule has 1 aliphatic rings. The second-order valence-corrected chi connectivity index (χ2v) is 7.35. The van der Waals surface area contributed by atoms with Gasteiger partial charge in [-0.1, -0.05) is 41.1 Å². The summed E-state index contributed by atoms with van der Waals surface area (Å²) in [6, 6.07) is 10.9. The molecule has 2 aromatic carbocycles. The van der Waals surface area contributed by atoms with E-state index in [0.717, 1.165) is 52.1 Å². The number of hydrogen-bond donors (Lipinski definition) is 0. The van der Waals surface area contributed by atoms with Gasteiger partial charge in [-0.15, -0.1) is 0 Å². The zero-order valence-corrected chi connectivity index (χ0v) is 14.9. The zero-order chi connectivity index (χ0) is 16.7. The van der Waals surface area contributed by atoms with E-state index in [9.17, 15) is 4.39 Å². The number of thiazole rings is 1. The lowest BCUT2D eigenvalue weighted by Gasteiger charge is -2.36. The summed E-state index contributed by atoms with van der Waals surface area (Å²) < 4.78 is 15.0. The van der Waals surface area contributed by atoms with Crippen LogP contribution in [0.15, 0.2) is 36.4 Å². The van der Waals surface area contributed by atoms with Crippen LogP contribution in [-0.4, -0.2) is 31.2 Å². The molecular formula is C18H17ClFN3S. The van der Waals surface area contributed by atoms with Gasteiger partial charge in [0.25, 0.3) is 0 Å². The van der Waals surface area contributed by atoms with Gasteiger partial charge in [-0.3, -0.25) is 0 Å². The van der Waals surface area contributed by atoms with Crippen molar-refractivity contribution in [3.63, 3.8) is 0 Å². The molecule has 0 atom stereocenters. The molecule has 124 valence electrons.